The van der Waals surface area contributed by atoms with Gasteiger partial charge in [0.1, 0.15) is 6.04 Å². The summed E-state index contributed by atoms with van der Waals surface area (Å²) in [5, 5.41) is 11.5. The summed E-state index contributed by atoms with van der Waals surface area (Å²) in [5.74, 6) is -0.585. The Morgan fingerprint density at radius 1 is 1.35 bits per heavy atom. The van der Waals surface area contributed by atoms with E-state index in [0.717, 1.165) is 25.7 Å². The van der Waals surface area contributed by atoms with Gasteiger partial charge in [0.05, 0.1) is 0 Å². The van der Waals surface area contributed by atoms with Gasteiger partial charge in [0.2, 0.25) is 5.91 Å². The SMILES string of the molecule is CCC(NC(=O)C1CCC(CN)CC1)C(=O)O. The van der Waals surface area contributed by atoms with Gasteiger partial charge in [-0.2, -0.15) is 0 Å². The third kappa shape index (κ3) is 4.00. The van der Waals surface area contributed by atoms with Crippen LogP contribution in [0.4, 0.5) is 0 Å². The average molecular weight is 242 g/mol. The first-order chi connectivity index (χ1) is 8.08. The van der Waals surface area contributed by atoms with Crippen molar-refractivity contribution >= 4 is 11.9 Å². The molecule has 5 heteroatoms. The Bertz CT molecular complexity index is 273. The molecule has 17 heavy (non-hydrogen) atoms. The Morgan fingerprint density at radius 3 is 2.35 bits per heavy atom. The van der Waals surface area contributed by atoms with Gasteiger partial charge in [-0.15, -0.1) is 0 Å². The van der Waals surface area contributed by atoms with E-state index >= 15 is 0 Å². The largest absolute Gasteiger partial charge is 0.480 e. The highest BCUT2D eigenvalue weighted by Gasteiger charge is 2.28. The number of carbonyl (C=O) groups is 2. The molecule has 1 atom stereocenters. The number of hydrogen-bond acceptors (Lipinski definition) is 3. The minimum atomic E-state index is -0.962. The minimum absolute atomic E-state index is 0.0359. The van der Waals surface area contributed by atoms with E-state index in [0.29, 0.717) is 18.9 Å². The van der Waals surface area contributed by atoms with Crippen molar-refractivity contribution < 1.29 is 14.7 Å². The number of carboxylic acids is 1. The van der Waals surface area contributed by atoms with E-state index in [-0.39, 0.29) is 11.8 Å². The molecule has 4 N–H and O–H groups in total. The standard InChI is InChI=1S/C12H22N2O3/c1-2-10(12(16)17)14-11(15)9-5-3-8(7-13)4-6-9/h8-10H,2-7,13H2,1H3,(H,14,15)(H,16,17). The fraction of sp³-hybridized carbons (Fsp3) is 0.833. The van der Waals surface area contributed by atoms with Gasteiger partial charge >= 0.3 is 5.97 Å². The number of nitrogens with two attached hydrogens (primary N) is 1. The second kappa shape index (κ2) is 6.59. The predicted octanol–water partition coefficient (Wildman–Crippen LogP) is 0.731. The van der Waals surface area contributed by atoms with Gasteiger partial charge < -0.3 is 16.2 Å². The summed E-state index contributed by atoms with van der Waals surface area (Å²) in [6.07, 6.45) is 4.00. The Balaban J connectivity index is 2.41. The van der Waals surface area contributed by atoms with Gasteiger partial charge in [-0.25, -0.2) is 4.79 Å². The summed E-state index contributed by atoms with van der Waals surface area (Å²) in [7, 11) is 0. The number of rotatable bonds is 5. The normalized spacial score (nSPS) is 26.2. The molecule has 0 spiro atoms. The highest BCUT2D eigenvalue weighted by Crippen LogP contribution is 2.28. The summed E-state index contributed by atoms with van der Waals surface area (Å²) < 4.78 is 0. The first-order valence-corrected chi connectivity index (χ1v) is 6.31. The number of hydrogen-bond donors (Lipinski definition) is 3. The molecule has 1 rings (SSSR count). The summed E-state index contributed by atoms with van der Waals surface area (Å²) >= 11 is 0. The van der Waals surface area contributed by atoms with Crippen LogP contribution in [0.1, 0.15) is 39.0 Å². The molecule has 1 fully saturated rings. The highest BCUT2D eigenvalue weighted by molar-refractivity contribution is 5.84. The molecule has 0 heterocycles. The van der Waals surface area contributed by atoms with Crippen molar-refractivity contribution in [2.24, 2.45) is 17.6 Å². The number of aliphatic carboxylic acids is 1. The quantitative estimate of drug-likeness (QED) is 0.662. The summed E-state index contributed by atoms with van der Waals surface area (Å²) in [6, 6.07) is -0.755. The number of carboxylic acid groups (broad SMARTS) is 1. The molecular weight excluding hydrogens is 220 g/mol. The van der Waals surface area contributed by atoms with Crippen LogP contribution in [0.15, 0.2) is 0 Å². The zero-order valence-corrected chi connectivity index (χ0v) is 10.3. The molecule has 0 aromatic rings. The van der Waals surface area contributed by atoms with E-state index in [1.807, 2.05) is 0 Å². The van der Waals surface area contributed by atoms with Gasteiger partial charge in [0.15, 0.2) is 0 Å². The molecule has 1 unspecified atom stereocenters. The van der Waals surface area contributed by atoms with Crippen molar-refractivity contribution in [2.45, 2.75) is 45.1 Å². The van der Waals surface area contributed by atoms with Gasteiger partial charge in [0, 0.05) is 5.92 Å². The Hall–Kier alpha value is -1.10. The van der Waals surface area contributed by atoms with Crippen molar-refractivity contribution in [2.75, 3.05) is 6.54 Å². The maximum atomic E-state index is 11.9. The Morgan fingerprint density at radius 2 is 1.94 bits per heavy atom. The van der Waals surface area contributed by atoms with Crippen molar-refractivity contribution in [3.8, 4) is 0 Å². The Labute approximate surface area is 102 Å². The molecule has 1 aliphatic rings. The Kier molecular flexibility index (Phi) is 5.41. The summed E-state index contributed by atoms with van der Waals surface area (Å²) in [4.78, 5) is 22.7. The van der Waals surface area contributed by atoms with Crippen molar-refractivity contribution in [1.29, 1.82) is 0 Å². The molecule has 1 amide bonds. The van der Waals surface area contributed by atoms with E-state index in [1.54, 1.807) is 6.92 Å². The molecule has 1 aliphatic carbocycles. The third-order valence-corrected chi connectivity index (χ3v) is 3.57. The van der Waals surface area contributed by atoms with Crippen LogP contribution in [0.25, 0.3) is 0 Å². The predicted molar refractivity (Wildman–Crippen MR) is 64.4 cm³/mol. The van der Waals surface area contributed by atoms with Gasteiger partial charge in [-0.05, 0) is 44.6 Å². The lowest BCUT2D eigenvalue weighted by Gasteiger charge is -2.27. The van der Waals surface area contributed by atoms with Crippen LogP contribution in [0.2, 0.25) is 0 Å². The van der Waals surface area contributed by atoms with Crippen molar-refractivity contribution in [3.05, 3.63) is 0 Å². The van der Waals surface area contributed by atoms with Crippen molar-refractivity contribution in [1.82, 2.24) is 5.32 Å². The van der Waals surface area contributed by atoms with Crippen molar-refractivity contribution in [3.63, 3.8) is 0 Å². The molecule has 98 valence electrons. The summed E-state index contributed by atoms with van der Waals surface area (Å²) in [5.41, 5.74) is 5.59. The molecule has 0 radical (unpaired) electrons. The zero-order valence-electron chi connectivity index (χ0n) is 10.3. The fourth-order valence-corrected chi connectivity index (χ4v) is 2.29. The second-order valence-corrected chi connectivity index (χ2v) is 4.76. The zero-order chi connectivity index (χ0) is 12.8. The van der Waals surface area contributed by atoms with Crippen LogP contribution < -0.4 is 11.1 Å². The third-order valence-electron chi connectivity index (χ3n) is 3.57. The highest BCUT2D eigenvalue weighted by atomic mass is 16.4. The smallest absolute Gasteiger partial charge is 0.326 e. The minimum Gasteiger partial charge on any atom is -0.480 e. The van der Waals surface area contributed by atoms with E-state index in [1.165, 1.54) is 0 Å². The molecule has 0 aliphatic heterocycles. The molecule has 0 saturated heterocycles. The monoisotopic (exact) mass is 242 g/mol. The number of nitrogens with one attached hydrogen (secondary N) is 1. The first kappa shape index (κ1) is 14.0. The second-order valence-electron chi connectivity index (χ2n) is 4.76. The number of amides is 1. The van der Waals surface area contributed by atoms with Crippen LogP contribution in [-0.2, 0) is 9.59 Å². The van der Waals surface area contributed by atoms with Crippen LogP contribution in [-0.4, -0.2) is 29.6 Å². The molecule has 1 saturated carbocycles. The van der Waals surface area contributed by atoms with Crippen LogP contribution >= 0.6 is 0 Å². The van der Waals surface area contributed by atoms with Gasteiger partial charge in [-0.3, -0.25) is 4.79 Å². The van der Waals surface area contributed by atoms with Crippen LogP contribution in [0, 0.1) is 11.8 Å². The number of carbonyl (C=O) groups excluding carboxylic acids is 1. The van der Waals surface area contributed by atoms with Crippen LogP contribution in [0.5, 0.6) is 0 Å². The molecule has 0 aromatic carbocycles. The van der Waals surface area contributed by atoms with E-state index < -0.39 is 12.0 Å². The topological polar surface area (TPSA) is 92.4 Å². The lowest BCUT2D eigenvalue weighted by molar-refractivity contribution is -0.142. The molecule has 5 nitrogen and oxygen atoms in total. The first-order valence-electron chi connectivity index (χ1n) is 6.31. The van der Waals surface area contributed by atoms with E-state index in [4.69, 9.17) is 10.8 Å². The van der Waals surface area contributed by atoms with Crippen LogP contribution in [0.3, 0.4) is 0 Å². The van der Waals surface area contributed by atoms with E-state index in [2.05, 4.69) is 5.32 Å². The maximum Gasteiger partial charge on any atom is 0.326 e. The molecule has 0 bridgehead atoms. The fourth-order valence-electron chi connectivity index (χ4n) is 2.29. The van der Waals surface area contributed by atoms with E-state index in [9.17, 15) is 9.59 Å². The lowest BCUT2D eigenvalue weighted by Crippen LogP contribution is -2.44. The molecule has 0 aromatic heterocycles. The average Bonchev–Trinajstić information content (AvgIpc) is 2.35. The van der Waals surface area contributed by atoms with Gasteiger partial charge in [-0.1, -0.05) is 6.92 Å². The molecular formula is C12H22N2O3. The van der Waals surface area contributed by atoms with Gasteiger partial charge in [0.25, 0.3) is 0 Å². The maximum absolute atomic E-state index is 11.9. The summed E-state index contributed by atoms with van der Waals surface area (Å²) in [6.45, 7) is 2.44. The lowest BCUT2D eigenvalue weighted by atomic mass is 9.81.